The Morgan fingerprint density at radius 2 is 1.00 bits per heavy atom. The first kappa shape index (κ1) is 13.1. The minimum Gasteiger partial charge on any atom is -0.267 e. The maximum Gasteiger partial charge on any atom is 0.276 e. The molecule has 0 spiro atoms. The van der Waals surface area contributed by atoms with E-state index in [1.54, 1.807) is 24.3 Å². The van der Waals surface area contributed by atoms with Crippen LogP contribution in [0.3, 0.4) is 0 Å². The van der Waals surface area contributed by atoms with E-state index in [1.165, 1.54) is 7.42 Å². The van der Waals surface area contributed by atoms with Crippen LogP contribution in [-0.2, 0) is 0 Å². The van der Waals surface area contributed by atoms with E-state index in [4.69, 9.17) is 0 Å². The van der Waals surface area contributed by atoms with Gasteiger partial charge in [-0.25, -0.2) is 0 Å². The van der Waals surface area contributed by atoms with Crippen LogP contribution in [0.2, 0.25) is 0 Å². The highest BCUT2D eigenvalue weighted by molar-refractivity contribution is 8.25. The number of hydrogen-bond acceptors (Lipinski definition) is 4. The summed E-state index contributed by atoms with van der Waals surface area (Å²) in [6, 6.07) is 18.0. The zero-order chi connectivity index (χ0) is 13.9. The van der Waals surface area contributed by atoms with E-state index in [-0.39, 0.29) is 11.8 Å². The van der Waals surface area contributed by atoms with Gasteiger partial charge in [0.1, 0.15) is 24.3 Å². The standard InChI is InChI=1S/C14H10N2O2S2/c17-13(11-7-3-1-4-8-11)15-19-16(20-15)14(18)12-9-5-2-6-10-12/h1-10H. The Kier molecular flexibility index (Phi) is 3.66. The number of nitrogens with zero attached hydrogens (tertiary/aromatic N) is 2. The third-order valence-electron chi connectivity index (χ3n) is 2.67. The van der Waals surface area contributed by atoms with Crippen molar-refractivity contribution in [1.29, 1.82) is 0 Å². The molecule has 2 amide bonds. The fourth-order valence-electron chi connectivity index (χ4n) is 1.66. The van der Waals surface area contributed by atoms with Crippen LogP contribution in [-0.4, -0.2) is 19.2 Å². The molecule has 1 fully saturated rings. The van der Waals surface area contributed by atoms with Gasteiger partial charge in [-0.15, -0.1) is 0 Å². The van der Waals surface area contributed by atoms with Gasteiger partial charge in [0.15, 0.2) is 0 Å². The second-order valence-corrected chi connectivity index (χ2v) is 6.27. The molecule has 1 saturated heterocycles. The number of amides is 2. The lowest BCUT2D eigenvalue weighted by Crippen LogP contribution is -2.37. The quantitative estimate of drug-likeness (QED) is 0.797. The lowest BCUT2D eigenvalue weighted by atomic mass is 10.2. The monoisotopic (exact) mass is 302 g/mol. The Bertz CT molecular complexity index is 573. The summed E-state index contributed by atoms with van der Waals surface area (Å²) in [5.74, 6) is -0.226. The van der Waals surface area contributed by atoms with Crippen molar-refractivity contribution in [2.24, 2.45) is 0 Å². The Morgan fingerprint density at radius 3 is 1.35 bits per heavy atom. The summed E-state index contributed by atoms with van der Waals surface area (Å²) in [6.45, 7) is 0. The summed E-state index contributed by atoms with van der Waals surface area (Å²) in [5, 5.41) is 0. The molecule has 6 heteroatoms. The van der Waals surface area contributed by atoms with E-state index in [1.807, 2.05) is 36.4 Å². The summed E-state index contributed by atoms with van der Waals surface area (Å²) >= 11 is 2.22. The molecule has 3 rings (SSSR count). The minimum atomic E-state index is -0.113. The molecular formula is C14H10N2O2S2. The molecule has 0 bridgehead atoms. The molecule has 1 heterocycles. The van der Waals surface area contributed by atoms with E-state index in [0.29, 0.717) is 11.1 Å². The largest absolute Gasteiger partial charge is 0.276 e. The molecule has 2 aromatic carbocycles. The van der Waals surface area contributed by atoms with Gasteiger partial charge >= 0.3 is 0 Å². The molecule has 0 atom stereocenters. The number of benzene rings is 2. The highest BCUT2D eigenvalue weighted by Gasteiger charge is 2.37. The summed E-state index contributed by atoms with van der Waals surface area (Å²) < 4.78 is 2.96. The van der Waals surface area contributed by atoms with Gasteiger partial charge in [-0.05, 0) is 24.3 Å². The third-order valence-corrected chi connectivity index (χ3v) is 4.73. The summed E-state index contributed by atoms with van der Waals surface area (Å²) in [6.07, 6.45) is 0. The van der Waals surface area contributed by atoms with E-state index >= 15 is 0 Å². The van der Waals surface area contributed by atoms with E-state index in [0.717, 1.165) is 24.3 Å². The fourth-order valence-corrected chi connectivity index (χ4v) is 3.26. The molecule has 0 unspecified atom stereocenters. The smallest absolute Gasteiger partial charge is 0.267 e. The van der Waals surface area contributed by atoms with Crippen LogP contribution in [0.15, 0.2) is 60.7 Å². The van der Waals surface area contributed by atoms with Gasteiger partial charge in [-0.3, -0.25) is 9.59 Å². The van der Waals surface area contributed by atoms with Crippen LogP contribution in [0.1, 0.15) is 20.7 Å². The average molecular weight is 302 g/mol. The van der Waals surface area contributed by atoms with Gasteiger partial charge in [0.05, 0.1) is 0 Å². The predicted octanol–water partition coefficient (Wildman–Crippen LogP) is 3.41. The second-order valence-electron chi connectivity index (χ2n) is 4.02. The highest BCUT2D eigenvalue weighted by Crippen LogP contribution is 2.45. The van der Waals surface area contributed by atoms with Crippen molar-refractivity contribution in [3.63, 3.8) is 0 Å². The number of carbonyl (C=O) groups excluding carboxylic acids is 2. The average Bonchev–Trinajstić information content (AvgIpc) is 2.47. The Balaban J connectivity index is 1.62. The SMILES string of the molecule is O=C(c1ccccc1)N1SN(C(=O)c2ccccc2)S1. The topological polar surface area (TPSA) is 40.6 Å². The number of hydrogen-bond donors (Lipinski definition) is 0. The summed E-state index contributed by atoms with van der Waals surface area (Å²) in [7, 11) is 0. The Morgan fingerprint density at radius 1 is 0.650 bits per heavy atom. The van der Waals surface area contributed by atoms with Crippen molar-refractivity contribution in [2.45, 2.75) is 0 Å². The lowest BCUT2D eigenvalue weighted by molar-refractivity contribution is 0.0898. The van der Waals surface area contributed by atoms with E-state index < -0.39 is 0 Å². The van der Waals surface area contributed by atoms with Crippen LogP contribution in [0, 0.1) is 0 Å². The summed E-state index contributed by atoms with van der Waals surface area (Å²) in [5.41, 5.74) is 1.22. The molecule has 0 radical (unpaired) electrons. The fraction of sp³-hybridized carbons (Fsp3) is 0. The van der Waals surface area contributed by atoms with E-state index in [9.17, 15) is 9.59 Å². The molecular weight excluding hydrogens is 292 g/mol. The lowest BCUT2D eigenvalue weighted by Gasteiger charge is -2.36. The van der Waals surface area contributed by atoms with Crippen molar-refractivity contribution in [1.82, 2.24) is 7.42 Å². The maximum atomic E-state index is 12.1. The maximum absolute atomic E-state index is 12.1. The van der Waals surface area contributed by atoms with E-state index in [2.05, 4.69) is 0 Å². The van der Waals surface area contributed by atoms with Crippen molar-refractivity contribution in [3.05, 3.63) is 71.8 Å². The second kappa shape index (κ2) is 5.60. The molecule has 20 heavy (non-hydrogen) atoms. The van der Waals surface area contributed by atoms with Crippen LogP contribution in [0.5, 0.6) is 0 Å². The predicted molar refractivity (Wildman–Crippen MR) is 80.4 cm³/mol. The highest BCUT2D eigenvalue weighted by atomic mass is 32.3. The Hall–Kier alpha value is -1.92. The van der Waals surface area contributed by atoms with Gasteiger partial charge in [0, 0.05) is 11.1 Å². The normalized spacial score (nSPS) is 13.8. The van der Waals surface area contributed by atoms with Gasteiger partial charge in [0.2, 0.25) is 0 Å². The molecule has 0 aliphatic carbocycles. The van der Waals surface area contributed by atoms with Gasteiger partial charge in [-0.1, -0.05) is 36.4 Å². The van der Waals surface area contributed by atoms with Crippen LogP contribution in [0.4, 0.5) is 0 Å². The van der Waals surface area contributed by atoms with Crippen molar-refractivity contribution in [3.8, 4) is 0 Å². The van der Waals surface area contributed by atoms with Crippen molar-refractivity contribution < 1.29 is 9.59 Å². The molecule has 4 nitrogen and oxygen atoms in total. The molecule has 100 valence electrons. The zero-order valence-corrected chi connectivity index (χ0v) is 11.9. The molecule has 1 aliphatic rings. The van der Waals surface area contributed by atoms with Crippen LogP contribution < -0.4 is 0 Å². The molecule has 0 saturated carbocycles. The zero-order valence-electron chi connectivity index (χ0n) is 10.3. The molecule has 0 N–H and O–H groups in total. The van der Waals surface area contributed by atoms with Crippen LogP contribution in [0.25, 0.3) is 0 Å². The molecule has 1 aliphatic heterocycles. The first-order chi connectivity index (χ1) is 9.75. The summed E-state index contributed by atoms with van der Waals surface area (Å²) in [4.78, 5) is 24.2. The van der Waals surface area contributed by atoms with Gasteiger partial charge < -0.3 is 0 Å². The third kappa shape index (κ3) is 2.52. The van der Waals surface area contributed by atoms with Crippen LogP contribution >= 0.6 is 24.3 Å². The van der Waals surface area contributed by atoms with Crippen molar-refractivity contribution in [2.75, 3.05) is 0 Å². The van der Waals surface area contributed by atoms with Crippen molar-refractivity contribution >= 4 is 36.1 Å². The number of rotatable bonds is 2. The Labute approximate surface area is 125 Å². The van der Waals surface area contributed by atoms with Gasteiger partial charge in [0.25, 0.3) is 11.8 Å². The number of carbonyl (C=O) groups is 2. The first-order valence-electron chi connectivity index (χ1n) is 5.91. The minimum absolute atomic E-state index is 0.113. The first-order valence-corrected chi connectivity index (χ1v) is 7.37. The molecule has 2 aromatic rings. The van der Waals surface area contributed by atoms with Gasteiger partial charge in [-0.2, -0.15) is 7.42 Å². The molecule has 0 aromatic heterocycles.